The summed E-state index contributed by atoms with van der Waals surface area (Å²) in [6, 6.07) is 18.3. The highest BCUT2D eigenvalue weighted by atomic mass is 35.5. The smallest absolute Gasteiger partial charge is 0.417 e. The number of amides is 1. The van der Waals surface area contributed by atoms with Crippen molar-refractivity contribution in [1.82, 2.24) is 10.3 Å². The molecule has 0 saturated carbocycles. The molecule has 0 aliphatic heterocycles. The number of benzene rings is 2. The second-order valence-corrected chi connectivity index (χ2v) is 9.37. The van der Waals surface area contributed by atoms with Crippen LogP contribution >= 0.6 is 11.6 Å². The summed E-state index contributed by atoms with van der Waals surface area (Å²) in [6.45, 7) is 4.88. The Bertz CT molecular complexity index is 1240. The first kappa shape index (κ1) is 27.0. The number of pyridine rings is 1. The molecule has 0 fully saturated rings. The highest BCUT2D eigenvalue weighted by Crippen LogP contribution is 2.30. The Morgan fingerprint density at radius 2 is 1.83 bits per heavy atom. The van der Waals surface area contributed by atoms with Gasteiger partial charge in [-0.3, -0.25) is 4.79 Å². The van der Waals surface area contributed by atoms with Crippen LogP contribution in [-0.4, -0.2) is 22.5 Å². The number of nitrogens with one attached hydrogen (secondary N) is 1. The molecule has 1 N–H and O–H groups in total. The lowest BCUT2D eigenvalue weighted by Crippen LogP contribution is -2.51. The monoisotopic (exact) mass is 512 g/mol. The summed E-state index contributed by atoms with van der Waals surface area (Å²) in [6.07, 6.45) is -3.29. The van der Waals surface area contributed by atoms with Crippen molar-refractivity contribution in [1.29, 1.82) is 5.26 Å². The molecule has 0 bridgehead atoms. The molecule has 3 aromatic rings. The van der Waals surface area contributed by atoms with Gasteiger partial charge in [0.25, 0.3) is 5.91 Å². The van der Waals surface area contributed by atoms with Crippen molar-refractivity contribution in [3.8, 4) is 11.9 Å². The lowest BCUT2D eigenvalue weighted by molar-refractivity contribution is -0.138. The number of nitrogens with zero attached hydrogens (tertiary/aromatic N) is 2. The molecule has 0 spiro atoms. The minimum Gasteiger partial charge on any atom is -0.462 e. The Morgan fingerprint density at radius 1 is 1.14 bits per heavy atom. The zero-order chi connectivity index (χ0) is 26.5. The molecule has 0 radical (unpaired) electrons. The summed E-state index contributed by atoms with van der Waals surface area (Å²) in [5, 5.41) is 12.9. The summed E-state index contributed by atoms with van der Waals surface area (Å²) in [7, 11) is 0. The molecule has 1 heterocycles. The SMILES string of the molecule is C[C@H](NC(=O)C(C)(C)Oc1ccc(C([18F])([18F])[18F])cn1)[C@@H](Cc1ccc(Cl)cc1)c1cccc(C#N)c1. The molecule has 5 nitrogen and oxygen atoms in total. The average Bonchev–Trinajstić information content (AvgIpc) is 2.83. The van der Waals surface area contributed by atoms with Crippen molar-refractivity contribution in [3.05, 3.63) is 94.1 Å². The second-order valence-electron chi connectivity index (χ2n) is 8.93. The van der Waals surface area contributed by atoms with Gasteiger partial charge in [0, 0.05) is 29.2 Å². The molecule has 188 valence electrons. The predicted molar refractivity (Wildman–Crippen MR) is 131 cm³/mol. The fourth-order valence-corrected chi connectivity index (χ4v) is 3.82. The number of hydrogen-bond donors (Lipinski definition) is 1. The van der Waals surface area contributed by atoms with E-state index in [1.807, 2.05) is 25.1 Å². The van der Waals surface area contributed by atoms with Gasteiger partial charge in [-0.2, -0.15) is 18.4 Å². The summed E-state index contributed by atoms with van der Waals surface area (Å²) in [4.78, 5) is 16.8. The van der Waals surface area contributed by atoms with Gasteiger partial charge in [-0.1, -0.05) is 35.9 Å². The van der Waals surface area contributed by atoms with Crippen LogP contribution in [0.1, 0.15) is 48.9 Å². The third-order valence-electron chi connectivity index (χ3n) is 5.75. The summed E-state index contributed by atoms with van der Waals surface area (Å²) in [5.74, 6) is -0.757. The molecule has 0 unspecified atom stereocenters. The van der Waals surface area contributed by atoms with E-state index in [0.717, 1.165) is 23.3 Å². The molecular weight excluding hydrogens is 488 g/mol. The minimum absolute atomic E-state index is 0.102. The van der Waals surface area contributed by atoms with Gasteiger partial charge < -0.3 is 10.1 Å². The maximum Gasteiger partial charge on any atom is 0.417 e. The van der Waals surface area contributed by atoms with Crippen molar-refractivity contribution in [2.45, 2.75) is 50.9 Å². The largest absolute Gasteiger partial charge is 0.462 e. The number of alkyl halides is 3. The van der Waals surface area contributed by atoms with Gasteiger partial charge in [0.2, 0.25) is 5.88 Å². The maximum absolute atomic E-state index is 13.1. The Hall–Kier alpha value is -3.57. The molecule has 9 heteroatoms. The summed E-state index contributed by atoms with van der Waals surface area (Å²) < 4.78 is 44.0. The highest BCUT2D eigenvalue weighted by Gasteiger charge is 2.34. The molecule has 36 heavy (non-hydrogen) atoms. The van der Waals surface area contributed by atoms with E-state index < -0.39 is 23.2 Å². The van der Waals surface area contributed by atoms with E-state index in [2.05, 4.69) is 16.4 Å². The first-order valence-corrected chi connectivity index (χ1v) is 11.5. The fourth-order valence-electron chi connectivity index (χ4n) is 3.69. The van der Waals surface area contributed by atoms with E-state index in [-0.39, 0.29) is 17.8 Å². The average molecular weight is 513 g/mol. The number of aromatic nitrogens is 1. The van der Waals surface area contributed by atoms with Gasteiger partial charge in [0.15, 0.2) is 5.60 Å². The number of halogens is 4. The number of rotatable bonds is 8. The molecule has 0 aliphatic rings. The van der Waals surface area contributed by atoms with Gasteiger partial charge in [-0.05, 0) is 68.7 Å². The number of carbonyl (C=O) groups is 1. The minimum atomic E-state index is -4.52. The van der Waals surface area contributed by atoms with E-state index in [4.69, 9.17) is 16.3 Å². The van der Waals surface area contributed by atoms with Crippen molar-refractivity contribution in [2.24, 2.45) is 0 Å². The zero-order valence-corrected chi connectivity index (χ0v) is 20.7. The van der Waals surface area contributed by atoms with Crippen LogP contribution in [0.2, 0.25) is 5.02 Å². The van der Waals surface area contributed by atoms with Crippen LogP contribution in [0.3, 0.4) is 0 Å². The zero-order valence-electron chi connectivity index (χ0n) is 19.9. The molecular formula is C27H25ClF3N3O2. The Labute approximate surface area is 212 Å². The number of carbonyl (C=O) groups excluding carboxylic acids is 1. The quantitative estimate of drug-likeness (QED) is 0.383. The van der Waals surface area contributed by atoms with E-state index in [1.165, 1.54) is 13.8 Å². The fraction of sp³-hybridized carbons (Fsp3) is 0.296. The topological polar surface area (TPSA) is 75.0 Å². The van der Waals surface area contributed by atoms with Crippen LogP contribution in [-0.2, 0) is 17.4 Å². The predicted octanol–water partition coefficient (Wildman–Crippen LogP) is 6.31. The van der Waals surface area contributed by atoms with E-state index >= 15 is 0 Å². The van der Waals surface area contributed by atoms with Crippen molar-refractivity contribution in [3.63, 3.8) is 0 Å². The van der Waals surface area contributed by atoms with E-state index in [1.54, 1.807) is 30.3 Å². The van der Waals surface area contributed by atoms with Crippen LogP contribution in [0.4, 0.5) is 13.2 Å². The normalized spacial score (nSPS) is 13.4. The third-order valence-corrected chi connectivity index (χ3v) is 6.00. The molecule has 0 saturated heterocycles. The van der Waals surface area contributed by atoms with Crippen LogP contribution in [0.15, 0.2) is 66.9 Å². The lowest BCUT2D eigenvalue weighted by Gasteiger charge is -2.30. The summed E-state index contributed by atoms with van der Waals surface area (Å²) in [5.41, 5.74) is 0.0529. The van der Waals surface area contributed by atoms with Gasteiger partial charge in [-0.25, -0.2) is 4.98 Å². The maximum atomic E-state index is 13.1. The molecule has 1 amide bonds. The number of nitriles is 1. The molecule has 3 rings (SSSR count). The Morgan fingerprint density at radius 3 is 2.42 bits per heavy atom. The first-order chi connectivity index (χ1) is 16.9. The first-order valence-electron chi connectivity index (χ1n) is 11.2. The lowest BCUT2D eigenvalue weighted by atomic mass is 9.85. The standard InChI is InChI=1S/C27H25ClF3N3O2/c1-17(34-25(35)26(2,3)36-24-12-9-21(16-33-24)27(29,30)31)23(14-18-7-10-22(28)11-8-18)20-6-4-5-19(13-20)15-32/h4-13,16-17,23H,14H2,1-3H3,(H,34,35)/t17-,23+/m0/s1/i29-1,30-1,31-1. The van der Waals surface area contributed by atoms with Crippen molar-refractivity contribution in [2.75, 3.05) is 0 Å². The van der Waals surface area contributed by atoms with Crippen LogP contribution in [0.25, 0.3) is 0 Å². The van der Waals surface area contributed by atoms with Crippen LogP contribution < -0.4 is 10.1 Å². The van der Waals surface area contributed by atoms with E-state index in [9.17, 15) is 23.2 Å². The van der Waals surface area contributed by atoms with Gasteiger partial charge >= 0.3 is 6.18 Å². The third kappa shape index (κ3) is 6.98. The van der Waals surface area contributed by atoms with Crippen LogP contribution in [0, 0.1) is 11.3 Å². The molecule has 1 aromatic heterocycles. The summed E-state index contributed by atoms with van der Waals surface area (Å²) >= 11 is 6.02. The number of ether oxygens (including phenoxy) is 1. The molecule has 2 aromatic carbocycles. The highest BCUT2D eigenvalue weighted by molar-refractivity contribution is 6.30. The van der Waals surface area contributed by atoms with E-state index in [0.29, 0.717) is 23.2 Å². The van der Waals surface area contributed by atoms with Gasteiger partial charge in [0.05, 0.1) is 17.2 Å². The molecule has 2 atom stereocenters. The second kappa shape index (κ2) is 11.0. The molecule has 0 aliphatic carbocycles. The van der Waals surface area contributed by atoms with Gasteiger partial charge in [-0.15, -0.1) is 0 Å². The Balaban J connectivity index is 1.79. The van der Waals surface area contributed by atoms with Crippen molar-refractivity contribution < 1.29 is 22.7 Å². The van der Waals surface area contributed by atoms with Gasteiger partial charge in [0.1, 0.15) is 0 Å². The Kier molecular flexibility index (Phi) is 8.26. The number of hydrogen-bond acceptors (Lipinski definition) is 4. The van der Waals surface area contributed by atoms with Crippen LogP contribution in [0.5, 0.6) is 5.88 Å². The van der Waals surface area contributed by atoms with Crippen molar-refractivity contribution >= 4 is 17.5 Å².